The van der Waals surface area contributed by atoms with Crippen molar-refractivity contribution in [3.05, 3.63) is 35.0 Å². The van der Waals surface area contributed by atoms with Gasteiger partial charge in [0.15, 0.2) is 6.54 Å². The predicted molar refractivity (Wildman–Crippen MR) is 92.9 cm³/mol. The van der Waals surface area contributed by atoms with E-state index in [4.69, 9.17) is 9.29 Å². The molecule has 0 fully saturated rings. The zero-order chi connectivity index (χ0) is 16.9. The van der Waals surface area contributed by atoms with E-state index in [1.54, 1.807) is 11.3 Å². The zero-order valence-corrected chi connectivity index (χ0v) is 15.0. The van der Waals surface area contributed by atoms with Gasteiger partial charge in [-0.2, -0.15) is 13.0 Å². The van der Waals surface area contributed by atoms with Crippen molar-refractivity contribution in [1.29, 1.82) is 0 Å². The molecule has 0 bridgehead atoms. The summed E-state index contributed by atoms with van der Waals surface area (Å²) >= 11 is 1.65. The average Bonchev–Trinajstić information content (AvgIpc) is 2.83. The first-order valence-corrected chi connectivity index (χ1v) is 10.1. The molecule has 0 aliphatic heterocycles. The molecule has 1 heterocycles. The van der Waals surface area contributed by atoms with Crippen LogP contribution in [0.15, 0.2) is 30.0 Å². The Morgan fingerprint density at radius 2 is 2.09 bits per heavy atom. The van der Waals surface area contributed by atoms with Gasteiger partial charge in [0.2, 0.25) is 5.52 Å². The van der Waals surface area contributed by atoms with Crippen LogP contribution in [0.2, 0.25) is 0 Å². The first-order valence-electron chi connectivity index (χ1n) is 7.64. The minimum absolute atomic E-state index is 0.237. The Hall–Kier alpha value is -1.44. The fourth-order valence-corrected chi connectivity index (χ4v) is 4.00. The van der Waals surface area contributed by atoms with E-state index >= 15 is 0 Å². The Labute approximate surface area is 141 Å². The number of hydrogen-bond acceptors (Lipinski definition) is 4. The first-order chi connectivity index (χ1) is 10.9. The van der Waals surface area contributed by atoms with Crippen molar-refractivity contribution in [3.8, 4) is 0 Å². The van der Waals surface area contributed by atoms with E-state index in [2.05, 4.69) is 4.57 Å². The van der Waals surface area contributed by atoms with Gasteiger partial charge < -0.3 is 4.74 Å². The minimum Gasteiger partial charge on any atom is -0.498 e. The van der Waals surface area contributed by atoms with Gasteiger partial charge in [-0.05, 0) is 13.0 Å². The molecule has 0 aliphatic carbocycles. The monoisotopic (exact) mass is 356 g/mol. The standard InChI is InChI=1S/C16H21NO4S2/c1-3-13(21-4-2)12-16-17(10-7-11-23(18,19)20)14-8-5-6-9-15(14)22-16/h5-6,8-9,12H,3-4,7,10-11H2,1-2H3/p+1. The minimum atomic E-state index is -3.93. The average molecular weight is 356 g/mol. The van der Waals surface area contributed by atoms with Crippen molar-refractivity contribution in [1.82, 2.24) is 0 Å². The molecule has 2 rings (SSSR count). The summed E-state index contributed by atoms with van der Waals surface area (Å²) in [5.74, 6) is 0.668. The summed E-state index contributed by atoms with van der Waals surface area (Å²) in [6.07, 6.45) is 3.18. The maximum Gasteiger partial charge on any atom is 0.266 e. The largest absolute Gasteiger partial charge is 0.498 e. The molecular weight excluding hydrogens is 334 g/mol. The number of hydrogen-bond donors (Lipinski definition) is 1. The Bertz CT molecular complexity index is 794. The third-order valence-corrected chi connectivity index (χ3v) is 5.30. The van der Waals surface area contributed by atoms with Gasteiger partial charge in [0.05, 0.1) is 18.4 Å². The number of ether oxygens (including phenoxy) is 1. The highest BCUT2D eigenvalue weighted by molar-refractivity contribution is 7.85. The van der Waals surface area contributed by atoms with Gasteiger partial charge in [-0.25, -0.2) is 0 Å². The Morgan fingerprint density at radius 1 is 1.35 bits per heavy atom. The molecule has 0 unspecified atom stereocenters. The summed E-state index contributed by atoms with van der Waals surface area (Å²) in [6, 6.07) is 8.01. The third-order valence-electron chi connectivity index (χ3n) is 3.38. The van der Waals surface area contributed by atoms with Crippen LogP contribution in [0.25, 0.3) is 16.3 Å². The van der Waals surface area contributed by atoms with E-state index in [0.717, 1.165) is 27.4 Å². The quantitative estimate of drug-likeness (QED) is 0.448. The summed E-state index contributed by atoms with van der Waals surface area (Å²) in [5.41, 5.74) is 1.06. The van der Waals surface area contributed by atoms with Crippen molar-refractivity contribution >= 4 is 37.7 Å². The molecule has 0 saturated heterocycles. The number of rotatable bonds is 8. The SMILES string of the molecule is CCOC(=Cc1sc2ccccc2[n+]1CCCS(=O)(=O)O)CC. The van der Waals surface area contributed by atoms with Crippen molar-refractivity contribution in [2.75, 3.05) is 12.4 Å². The molecule has 23 heavy (non-hydrogen) atoms. The summed E-state index contributed by atoms with van der Waals surface area (Å²) in [6.45, 7) is 5.14. The third kappa shape index (κ3) is 5.02. The second-order valence-electron chi connectivity index (χ2n) is 5.10. The first kappa shape index (κ1) is 17.9. The highest BCUT2D eigenvalue weighted by Gasteiger charge is 2.20. The summed E-state index contributed by atoms with van der Waals surface area (Å²) < 4.78 is 39.6. The Balaban J connectivity index is 2.37. The van der Waals surface area contributed by atoms with Crippen LogP contribution < -0.4 is 4.57 Å². The smallest absolute Gasteiger partial charge is 0.266 e. The van der Waals surface area contributed by atoms with Crippen LogP contribution in [0.3, 0.4) is 0 Å². The molecule has 7 heteroatoms. The van der Waals surface area contributed by atoms with Crippen LogP contribution in [-0.2, 0) is 21.4 Å². The number of aryl methyl sites for hydroxylation is 1. The molecule has 0 saturated carbocycles. The summed E-state index contributed by atoms with van der Waals surface area (Å²) in [5, 5.41) is 1.02. The number of nitrogens with zero attached hydrogens (tertiary/aromatic N) is 1. The lowest BCUT2D eigenvalue weighted by Crippen LogP contribution is -2.36. The van der Waals surface area contributed by atoms with Crippen molar-refractivity contribution in [2.45, 2.75) is 33.2 Å². The molecule has 1 aromatic carbocycles. The summed E-state index contributed by atoms with van der Waals surface area (Å²) in [7, 11) is -3.93. The molecule has 0 aliphatic rings. The lowest BCUT2D eigenvalue weighted by molar-refractivity contribution is -0.668. The molecule has 5 nitrogen and oxygen atoms in total. The number of aromatic nitrogens is 1. The number of allylic oxidation sites excluding steroid dienone is 1. The molecule has 0 amide bonds. The molecule has 126 valence electrons. The molecular formula is C16H22NO4S2+. The van der Waals surface area contributed by atoms with E-state index < -0.39 is 10.1 Å². The molecule has 0 spiro atoms. The molecule has 1 aromatic heterocycles. The van der Waals surface area contributed by atoms with E-state index in [-0.39, 0.29) is 5.75 Å². The second-order valence-corrected chi connectivity index (χ2v) is 7.73. The van der Waals surface area contributed by atoms with Gasteiger partial charge in [0.1, 0.15) is 10.5 Å². The number of thiazole rings is 1. The van der Waals surface area contributed by atoms with E-state index in [1.807, 2.05) is 44.2 Å². The highest BCUT2D eigenvalue weighted by Crippen LogP contribution is 2.23. The number of fused-ring (bicyclic) bond motifs is 1. The lowest BCUT2D eigenvalue weighted by Gasteiger charge is -2.04. The van der Waals surface area contributed by atoms with E-state index in [1.165, 1.54) is 0 Å². The van der Waals surface area contributed by atoms with E-state index in [0.29, 0.717) is 19.6 Å². The topological polar surface area (TPSA) is 67.5 Å². The van der Waals surface area contributed by atoms with Gasteiger partial charge in [-0.1, -0.05) is 30.4 Å². The van der Waals surface area contributed by atoms with Crippen molar-refractivity contribution in [2.24, 2.45) is 0 Å². The van der Waals surface area contributed by atoms with Gasteiger partial charge >= 0.3 is 0 Å². The zero-order valence-electron chi connectivity index (χ0n) is 13.4. The van der Waals surface area contributed by atoms with Gasteiger partial charge in [0, 0.05) is 18.9 Å². The van der Waals surface area contributed by atoms with Crippen molar-refractivity contribution < 1.29 is 22.3 Å². The van der Waals surface area contributed by atoms with Crippen molar-refractivity contribution in [3.63, 3.8) is 0 Å². The number of benzene rings is 1. The van der Waals surface area contributed by atoms with Gasteiger partial charge in [-0.15, -0.1) is 0 Å². The molecule has 0 radical (unpaired) electrons. The molecule has 1 N–H and O–H groups in total. The van der Waals surface area contributed by atoms with E-state index in [9.17, 15) is 8.42 Å². The molecule has 0 atom stereocenters. The predicted octanol–water partition coefficient (Wildman–Crippen LogP) is 3.25. The highest BCUT2D eigenvalue weighted by atomic mass is 32.2. The second kappa shape index (κ2) is 7.90. The Morgan fingerprint density at radius 3 is 2.74 bits per heavy atom. The lowest BCUT2D eigenvalue weighted by atomic mass is 10.3. The maximum atomic E-state index is 10.9. The van der Waals surface area contributed by atoms with Gasteiger partial charge in [-0.3, -0.25) is 4.55 Å². The number of para-hydroxylation sites is 1. The molecule has 2 aromatic rings. The van der Waals surface area contributed by atoms with Crippen LogP contribution >= 0.6 is 11.3 Å². The Kier molecular flexibility index (Phi) is 6.15. The van der Waals surface area contributed by atoms with Crippen LogP contribution in [0.1, 0.15) is 31.7 Å². The van der Waals surface area contributed by atoms with Crippen LogP contribution in [-0.4, -0.2) is 25.3 Å². The summed E-state index contributed by atoms with van der Waals surface area (Å²) in [4.78, 5) is 0. The maximum absolute atomic E-state index is 10.9. The van der Waals surface area contributed by atoms with Crippen LogP contribution in [0.4, 0.5) is 0 Å². The fraction of sp³-hybridized carbons (Fsp3) is 0.438. The van der Waals surface area contributed by atoms with Crippen LogP contribution in [0.5, 0.6) is 0 Å². The normalized spacial score (nSPS) is 12.7. The fourth-order valence-electron chi connectivity index (χ4n) is 2.36. The van der Waals surface area contributed by atoms with Crippen LogP contribution in [0, 0.1) is 0 Å². The van der Waals surface area contributed by atoms with Gasteiger partial charge in [0.25, 0.3) is 15.1 Å².